The van der Waals surface area contributed by atoms with Crippen LogP contribution in [0.1, 0.15) is 62.6 Å². The molecule has 3 N–H and O–H groups in total. The monoisotopic (exact) mass is 778 g/mol. The molecule has 2 saturated heterocycles. The Morgan fingerprint density at radius 3 is 2.43 bits per heavy atom. The van der Waals surface area contributed by atoms with Gasteiger partial charge < -0.3 is 20.4 Å². The Kier molecular flexibility index (Phi) is 10.6. The minimum absolute atomic E-state index is 0.0131. The van der Waals surface area contributed by atoms with E-state index in [0.717, 1.165) is 60.3 Å². The van der Waals surface area contributed by atoms with Gasteiger partial charge in [-0.1, -0.05) is 86.4 Å². The molecular formula is C39H48Cl2N8O3S. The first-order valence-electron chi connectivity index (χ1n) is 18.3. The predicted octanol–water partition coefficient (Wildman–Crippen LogP) is 5.62. The van der Waals surface area contributed by atoms with E-state index in [-0.39, 0.29) is 35.1 Å². The minimum Gasteiger partial charge on any atom is -0.366 e. The number of halogens is 2. The SMILES string of the molecule is CC(C)(C)C[C@@H]1N[C@@H](C(=O)NC2CCN(CCS(C)(=O)=O)CC2)[C@H](c2ccccc2Cl)[C@]12CN(Cc1ccc(-c3nnn[nH]3)cc1)c1ccc(Cl)cc12. The molecule has 3 aliphatic rings. The van der Waals surface area contributed by atoms with Crippen LogP contribution in [-0.4, -0.2) is 96.2 Å². The zero-order valence-corrected chi connectivity index (χ0v) is 33.0. The summed E-state index contributed by atoms with van der Waals surface area (Å²) in [4.78, 5) is 19.3. The second-order valence-electron chi connectivity index (χ2n) is 16.2. The number of aromatic nitrogens is 4. The molecule has 0 unspecified atom stereocenters. The lowest BCUT2D eigenvalue weighted by Gasteiger charge is -2.40. The van der Waals surface area contributed by atoms with Gasteiger partial charge in [0.15, 0.2) is 5.82 Å². The van der Waals surface area contributed by atoms with E-state index in [0.29, 0.717) is 35.5 Å². The van der Waals surface area contributed by atoms with Gasteiger partial charge in [0.2, 0.25) is 5.91 Å². The van der Waals surface area contributed by atoms with Crippen LogP contribution in [0.2, 0.25) is 10.0 Å². The maximum absolute atomic E-state index is 14.7. The number of nitrogens with zero attached hydrogens (tertiary/aromatic N) is 5. The first kappa shape index (κ1) is 37.8. The van der Waals surface area contributed by atoms with E-state index in [1.165, 1.54) is 6.26 Å². The van der Waals surface area contributed by atoms with Crippen LogP contribution in [0.15, 0.2) is 66.7 Å². The number of carbonyl (C=O) groups excluding carboxylic acids is 1. The summed E-state index contributed by atoms with van der Waals surface area (Å²) in [6.45, 7) is 10.0. The van der Waals surface area contributed by atoms with Crippen molar-refractivity contribution >= 4 is 44.6 Å². The zero-order valence-electron chi connectivity index (χ0n) is 30.6. The molecule has 0 saturated carbocycles. The molecule has 282 valence electrons. The summed E-state index contributed by atoms with van der Waals surface area (Å²) >= 11 is 14.0. The number of rotatable bonds is 10. The van der Waals surface area contributed by atoms with Gasteiger partial charge in [-0.3, -0.25) is 4.79 Å². The van der Waals surface area contributed by atoms with Crippen molar-refractivity contribution in [1.29, 1.82) is 0 Å². The van der Waals surface area contributed by atoms with Gasteiger partial charge in [-0.15, -0.1) is 5.10 Å². The second-order valence-corrected chi connectivity index (χ2v) is 19.3. The van der Waals surface area contributed by atoms with E-state index in [1.807, 2.05) is 36.4 Å². The van der Waals surface area contributed by atoms with Crippen molar-refractivity contribution in [3.05, 3.63) is 93.5 Å². The van der Waals surface area contributed by atoms with Crippen molar-refractivity contribution in [2.24, 2.45) is 5.41 Å². The summed E-state index contributed by atoms with van der Waals surface area (Å²) in [6, 6.07) is 21.7. The third kappa shape index (κ3) is 8.12. The highest BCUT2D eigenvalue weighted by atomic mass is 35.5. The van der Waals surface area contributed by atoms with Crippen molar-refractivity contribution in [2.45, 2.75) is 76.0 Å². The van der Waals surface area contributed by atoms with Crippen LogP contribution in [-0.2, 0) is 26.6 Å². The molecule has 3 aromatic carbocycles. The first-order valence-corrected chi connectivity index (χ1v) is 21.1. The van der Waals surface area contributed by atoms with Crippen LogP contribution in [0.4, 0.5) is 5.69 Å². The Morgan fingerprint density at radius 1 is 1.04 bits per heavy atom. The van der Waals surface area contributed by atoms with Crippen LogP contribution >= 0.6 is 23.2 Å². The molecule has 1 spiro atoms. The molecule has 4 heterocycles. The van der Waals surface area contributed by atoms with E-state index < -0.39 is 21.3 Å². The summed E-state index contributed by atoms with van der Waals surface area (Å²) in [6.07, 6.45) is 3.60. The molecule has 53 heavy (non-hydrogen) atoms. The fourth-order valence-corrected chi connectivity index (χ4v) is 9.76. The van der Waals surface area contributed by atoms with Crippen molar-refractivity contribution in [3.63, 3.8) is 0 Å². The van der Waals surface area contributed by atoms with Crippen LogP contribution < -0.4 is 15.5 Å². The van der Waals surface area contributed by atoms with Gasteiger partial charge in [-0.05, 0) is 76.1 Å². The number of nitrogens with one attached hydrogen (secondary N) is 3. The summed E-state index contributed by atoms with van der Waals surface area (Å²) in [5.41, 5.74) is 4.57. The third-order valence-electron chi connectivity index (χ3n) is 11.1. The molecule has 0 radical (unpaired) electrons. The first-order chi connectivity index (χ1) is 25.2. The lowest BCUT2D eigenvalue weighted by molar-refractivity contribution is -0.124. The van der Waals surface area contributed by atoms with Crippen LogP contribution in [0.25, 0.3) is 11.4 Å². The molecule has 11 nitrogen and oxygen atoms in total. The van der Waals surface area contributed by atoms with Gasteiger partial charge in [-0.2, -0.15) is 0 Å². The highest BCUT2D eigenvalue weighted by Gasteiger charge is 2.62. The van der Waals surface area contributed by atoms with Gasteiger partial charge >= 0.3 is 0 Å². The normalized spacial score (nSPS) is 23.8. The van der Waals surface area contributed by atoms with Crippen LogP contribution in [0, 0.1) is 5.41 Å². The van der Waals surface area contributed by atoms with Gasteiger partial charge in [0.25, 0.3) is 0 Å². The van der Waals surface area contributed by atoms with E-state index in [1.54, 1.807) is 0 Å². The van der Waals surface area contributed by atoms with Gasteiger partial charge in [-0.25, -0.2) is 13.5 Å². The number of hydrogen-bond donors (Lipinski definition) is 3. The van der Waals surface area contributed by atoms with Crippen molar-refractivity contribution in [1.82, 2.24) is 36.2 Å². The fourth-order valence-electron chi connectivity index (χ4n) is 8.75. The number of amides is 1. The smallest absolute Gasteiger partial charge is 0.238 e. The number of tetrazole rings is 1. The molecule has 1 aromatic heterocycles. The highest BCUT2D eigenvalue weighted by molar-refractivity contribution is 7.90. The number of anilines is 1. The van der Waals surface area contributed by atoms with Gasteiger partial charge in [0, 0.05) is 83.7 Å². The number of aromatic amines is 1. The summed E-state index contributed by atoms with van der Waals surface area (Å²) in [5, 5.41) is 22.9. The molecule has 0 bridgehead atoms. The number of benzene rings is 3. The van der Waals surface area contributed by atoms with Crippen molar-refractivity contribution in [3.8, 4) is 11.4 Å². The van der Waals surface area contributed by atoms with E-state index in [9.17, 15) is 13.2 Å². The Morgan fingerprint density at radius 2 is 1.77 bits per heavy atom. The average molecular weight is 780 g/mol. The lowest BCUT2D eigenvalue weighted by Crippen LogP contribution is -2.51. The number of fused-ring (bicyclic) bond motifs is 2. The Labute approximate surface area is 322 Å². The maximum Gasteiger partial charge on any atom is 0.238 e. The number of sulfone groups is 1. The van der Waals surface area contributed by atoms with Crippen LogP contribution in [0.3, 0.4) is 0 Å². The number of likely N-dealkylation sites (tertiary alicyclic amines) is 1. The molecule has 3 aliphatic heterocycles. The summed E-state index contributed by atoms with van der Waals surface area (Å²) in [5.74, 6) is 0.408. The quantitative estimate of drug-likeness (QED) is 0.188. The molecule has 7 rings (SSSR count). The Bertz CT molecular complexity index is 2030. The van der Waals surface area contributed by atoms with Crippen molar-refractivity contribution in [2.75, 3.05) is 43.1 Å². The topological polar surface area (TPSA) is 136 Å². The van der Waals surface area contributed by atoms with Crippen LogP contribution in [0.5, 0.6) is 0 Å². The molecule has 4 aromatic rings. The third-order valence-corrected chi connectivity index (χ3v) is 12.6. The van der Waals surface area contributed by atoms with E-state index in [2.05, 4.69) is 92.2 Å². The molecular weight excluding hydrogens is 731 g/mol. The average Bonchev–Trinajstić information content (AvgIpc) is 3.82. The largest absolute Gasteiger partial charge is 0.366 e. The van der Waals surface area contributed by atoms with E-state index >= 15 is 0 Å². The van der Waals surface area contributed by atoms with Crippen molar-refractivity contribution < 1.29 is 13.2 Å². The maximum atomic E-state index is 14.7. The second kappa shape index (κ2) is 14.9. The minimum atomic E-state index is -3.04. The Balaban J connectivity index is 1.24. The molecule has 4 atom stereocenters. The lowest BCUT2D eigenvalue weighted by atomic mass is 9.63. The molecule has 2 fully saturated rings. The summed E-state index contributed by atoms with van der Waals surface area (Å²) in [7, 11) is -3.04. The van der Waals surface area contributed by atoms with E-state index in [4.69, 9.17) is 23.2 Å². The molecule has 1 amide bonds. The Hall–Kier alpha value is -3.55. The number of carbonyl (C=O) groups is 1. The van der Waals surface area contributed by atoms with Gasteiger partial charge in [0.05, 0.1) is 11.8 Å². The standard InChI is InChI=1S/C39H48Cl2N8O3S/c1-38(2,3)22-33-39(24-49(32-14-13-27(40)21-30(32)39)23-25-9-11-26(12-10-25)36-44-46-47-45-36)34(29-7-5-6-8-31(29)41)35(43-33)37(50)42-28-15-17-48(18-16-28)19-20-53(4,51)52/h5-14,21,28,33-35,43H,15-20,22-24H2,1-4H3,(H,42,50)(H,44,45,46,47)/t33-,34-,35+,39-/m0/s1. The molecule has 0 aliphatic carbocycles. The number of hydrogen-bond acceptors (Lipinski definition) is 9. The van der Waals surface area contributed by atoms with Gasteiger partial charge in [0.1, 0.15) is 9.84 Å². The number of piperidine rings is 1. The number of H-pyrrole nitrogens is 1. The predicted molar refractivity (Wildman–Crippen MR) is 210 cm³/mol. The fraction of sp³-hybridized carbons (Fsp3) is 0.487. The zero-order chi connectivity index (χ0) is 37.5. The molecule has 14 heteroatoms. The highest BCUT2D eigenvalue weighted by Crippen LogP contribution is 2.58. The summed E-state index contributed by atoms with van der Waals surface area (Å²) < 4.78 is 23.5.